The zero-order valence-corrected chi connectivity index (χ0v) is 29.2. The van der Waals surface area contributed by atoms with Gasteiger partial charge in [0.2, 0.25) is 10.0 Å². The lowest BCUT2D eigenvalue weighted by Crippen LogP contribution is -2.45. The maximum Gasteiger partial charge on any atom is 0.325 e. The van der Waals surface area contributed by atoms with Crippen molar-refractivity contribution in [2.24, 2.45) is 16.8 Å². The number of para-hydroxylation sites is 1. The number of sulfonamides is 1. The third kappa shape index (κ3) is 6.86. The Labute approximate surface area is 294 Å². The zero-order valence-electron chi connectivity index (χ0n) is 26.8. The molecule has 0 spiro atoms. The Balaban J connectivity index is 1.06. The van der Waals surface area contributed by atoms with Crippen LogP contribution in [0.3, 0.4) is 0 Å². The minimum Gasteiger partial charge on any atom is -0.426 e. The summed E-state index contributed by atoms with van der Waals surface area (Å²) in [6.07, 6.45) is 1.91. The average molecular weight is 715 g/mol. The zero-order chi connectivity index (χ0) is 34.3. The summed E-state index contributed by atoms with van der Waals surface area (Å²) in [6, 6.07) is 25.6. The smallest absolute Gasteiger partial charge is 0.325 e. The number of nitrogens with one attached hydrogen (secondary N) is 2. The molecule has 3 aromatic carbocycles. The molecule has 1 aliphatic heterocycles. The number of fused-ring (bicyclic) bond motifs is 4. The average Bonchev–Trinajstić information content (AvgIpc) is 3.70. The molecule has 3 aliphatic rings. The number of likely N-dealkylation sites (N-methyl/N-ethyl adjacent to an activating group) is 1. The van der Waals surface area contributed by atoms with E-state index >= 15 is 0 Å². The molecule has 1 saturated carbocycles. The highest BCUT2D eigenvalue weighted by Crippen LogP contribution is 2.43. The summed E-state index contributed by atoms with van der Waals surface area (Å²) in [5, 5.41) is 3.01. The number of halogens is 1. The Morgan fingerprint density at radius 1 is 1.04 bits per heavy atom. The molecule has 1 fully saturated rings. The summed E-state index contributed by atoms with van der Waals surface area (Å²) in [5.41, 5.74) is 6.10. The van der Waals surface area contributed by atoms with Crippen LogP contribution in [0, 0.1) is 11.8 Å². The maximum absolute atomic E-state index is 13.5. The Bertz CT molecular complexity index is 2080. The van der Waals surface area contributed by atoms with Gasteiger partial charge in [0.05, 0.1) is 22.3 Å². The molecule has 0 radical (unpaired) electrons. The standard InChI is InChI=1S/C37H35ClN4O5S2/c1-22-18-24-12-14-27(20-26(24)19-25-13-15-28(22)35(25)41-49(45,46)33-17-16-31(38)48-33)47-32(43)21-39-36-37(44)42(2)30-11-7-6-10-29(30)34(40-36)23-8-4-3-5-9-23/h3-12,14,16-17,20,25,28,35-36,39,41H,1,13,15,18-19,21H2,2H3. The van der Waals surface area contributed by atoms with E-state index in [-0.39, 0.29) is 34.5 Å². The molecule has 2 N–H and O–H groups in total. The van der Waals surface area contributed by atoms with Crippen molar-refractivity contribution in [1.82, 2.24) is 10.0 Å². The molecular weight excluding hydrogens is 680 g/mol. The number of thiophene rings is 1. The Hall–Kier alpha value is -4.13. The van der Waals surface area contributed by atoms with E-state index in [0.29, 0.717) is 28.6 Å². The molecule has 2 aliphatic carbocycles. The molecule has 7 rings (SSSR count). The molecule has 1 amide bonds. The largest absolute Gasteiger partial charge is 0.426 e. The first kappa shape index (κ1) is 33.4. The van der Waals surface area contributed by atoms with Crippen LogP contribution in [0.1, 0.15) is 35.1 Å². The molecule has 0 saturated heterocycles. The molecule has 9 nitrogen and oxygen atoms in total. The summed E-state index contributed by atoms with van der Waals surface area (Å²) < 4.78 is 35.9. The van der Waals surface area contributed by atoms with Crippen molar-refractivity contribution in [3.05, 3.63) is 124 Å². The highest BCUT2D eigenvalue weighted by Gasteiger charge is 2.42. The van der Waals surface area contributed by atoms with Gasteiger partial charge in [-0.05, 0) is 79.0 Å². The van der Waals surface area contributed by atoms with Gasteiger partial charge >= 0.3 is 5.97 Å². The highest BCUT2D eigenvalue weighted by atomic mass is 35.5. The second-order valence-corrected chi connectivity index (χ2v) is 16.3. The molecule has 49 heavy (non-hydrogen) atoms. The molecule has 4 unspecified atom stereocenters. The molecule has 4 aromatic rings. The van der Waals surface area contributed by atoms with Crippen molar-refractivity contribution in [2.45, 2.75) is 42.1 Å². The van der Waals surface area contributed by atoms with E-state index in [1.807, 2.05) is 66.7 Å². The molecule has 2 heterocycles. The fourth-order valence-electron chi connectivity index (χ4n) is 7.14. The number of aliphatic imine (C=N–C) groups is 1. The first-order valence-corrected chi connectivity index (χ1v) is 18.8. The maximum atomic E-state index is 13.5. The number of anilines is 1. The molecule has 252 valence electrons. The molecule has 1 aromatic heterocycles. The predicted octanol–water partition coefficient (Wildman–Crippen LogP) is 5.76. The number of rotatable bonds is 8. The van der Waals surface area contributed by atoms with Gasteiger partial charge in [-0.2, -0.15) is 0 Å². The van der Waals surface area contributed by atoms with Crippen LogP contribution in [0.15, 0.2) is 106 Å². The lowest BCUT2D eigenvalue weighted by atomic mass is 9.81. The number of hydrogen-bond donors (Lipinski definition) is 2. The number of carbonyl (C=O) groups is 2. The van der Waals surface area contributed by atoms with E-state index in [0.717, 1.165) is 57.7 Å². The monoisotopic (exact) mass is 714 g/mol. The van der Waals surface area contributed by atoms with Crippen LogP contribution in [0.5, 0.6) is 5.75 Å². The fraction of sp³-hybridized carbons (Fsp3) is 0.270. The van der Waals surface area contributed by atoms with E-state index < -0.39 is 22.2 Å². The van der Waals surface area contributed by atoms with E-state index in [1.54, 1.807) is 24.1 Å². The summed E-state index contributed by atoms with van der Waals surface area (Å²) in [4.78, 5) is 33.0. The van der Waals surface area contributed by atoms with Crippen LogP contribution in [0.2, 0.25) is 4.34 Å². The van der Waals surface area contributed by atoms with Gasteiger partial charge in [0.25, 0.3) is 5.91 Å². The van der Waals surface area contributed by atoms with Crippen molar-refractivity contribution >= 4 is 56.2 Å². The molecule has 12 heteroatoms. The van der Waals surface area contributed by atoms with Crippen molar-refractivity contribution in [1.29, 1.82) is 0 Å². The number of ether oxygens (including phenoxy) is 1. The summed E-state index contributed by atoms with van der Waals surface area (Å²) in [6.45, 7) is 4.11. The van der Waals surface area contributed by atoms with Crippen LogP contribution in [0.25, 0.3) is 0 Å². The van der Waals surface area contributed by atoms with Crippen LogP contribution in [-0.4, -0.2) is 51.8 Å². The van der Waals surface area contributed by atoms with Crippen molar-refractivity contribution in [2.75, 3.05) is 18.5 Å². The second-order valence-electron chi connectivity index (χ2n) is 12.6. The third-order valence-electron chi connectivity index (χ3n) is 9.56. The highest BCUT2D eigenvalue weighted by molar-refractivity contribution is 7.91. The van der Waals surface area contributed by atoms with Crippen LogP contribution in [-0.2, 0) is 32.5 Å². The molecule has 4 atom stereocenters. The number of nitrogens with zero attached hydrogens (tertiary/aromatic N) is 2. The minimum absolute atomic E-state index is 0.0236. The second kappa shape index (κ2) is 13.6. The first-order chi connectivity index (χ1) is 23.6. The van der Waals surface area contributed by atoms with Gasteiger partial charge in [0.1, 0.15) is 9.96 Å². The number of hydrogen-bond acceptors (Lipinski definition) is 8. The minimum atomic E-state index is -3.75. The quantitative estimate of drug-likeness (QED) is 0.136. The fourth-order valence-corrected chi connectivity index (χ4v) is 9.99. The molecule has 2 bridgehead atoms. The number of benzodiazepines with no additional fused rings is 1. The first-order valence-electron chi connectivity index (χ1n) is 16.1. The number of carbonyl (C=O) groups excluding carboxylic acids is 2. The van der Waals surface area contributed by atoms with E-state index in [2.05, 4.69) is 16.6 Å². The Morgan fingerprint density at radius 2 is 1.82 bits per heavy atom. The van der Waals surface area contributed by atoms with Crippen molar-refractivity contribution in [3.8, 4) is 5.75 Å². The van der Waals surface area contributed by atoms with E-state index in [9.17, 15) is 18.0 Å². The van der Waals surface area contributed by atoms with Crippen LogP contribution < -0.4 is 19.7 Å². The van der Waals surface area contributed by atoms with Crippen LogP contribution in [0.4, 0.5) is 5.69 Å². The van der Waals surface area contributed by atoms with E-state index in [1.165, 1.54) is 6.07 Å². The van der Waals surface area contributed by atoms with Crippen molar-refractivity contribution < 1.29 is 22.7 Å². The van der Waals surface area contributed by atoms with Crippen LogP contribution >= 0.6 is 22.9 Å². The van der Waals surface area contributed by atoms with Gasteiger partial charge < -0.3 is 9.64 Å². The van der Waals surface area contributed by atoms with Gasteiger partial charge in [-0.15, -0.1) is 11.3 Å². The van der Waals surface area contributed by atoms with Gasteiger partial charge in [0, 0.05) is 24.2 Å². The number of benzene rings is 3. The normalized spacial score (nSPS) is 22.0. The Morgan fingerprint density at radius 3 is 2.59 bits per heavy atom. The lowest BCUT2D eigenvalue weighted by Gasteiger charge is -2.30. The summed E-state index contributed by atoms with van der Waals surface area (Å²) in [7, 11) is -2.05. The summed E-state index contributed by atoms with van der Waals surface area (Å²) >= 11 is 7.06. The van der Waals surface area contributed by atoms with Gasteiger partial charge in [0.15, 0.2) is 6.17 Å². The van der Waals surface area contributed by atoms with Gasteiger partial charge in [-0.3, -0.25) is 19.9 Å². The third-order valence-corrected chi connectivity index (χ3v) is 12.7. The molecular formula is C37H35ClN4O5S2. The van der Waals surface area contributed by atoms with Crippen molar-refractivity contribution in [3.63, 3.8) is 0 Å². The topological polar surface area (TPSA) is 117 Å². The predicted molar refractivity (Wildman–Crippen MR) is 192 cm³/mol. The summed E-state index contributed by atoms with van der Waals surface area (Å²) in [5.74, 6) is -0.421. The number of esters is 1. The van der Waals surface area contributed by atoms with Gasteiger partial charge in [-0.1, -0.05) is 78.4 Å². The Kier molecular flexibility index (Phi) is 9.29. The van der Waals surface area contributed by atoms with Gasteiger partial charge in [-0.25, -0.2) is 13.1 Å². The lowest BCUT2D eigenvalue weighted by molar-refractivity contribution is -0.133. The van der Waals surface area contributed by atoms with E-state index in [4.69, 9.17) is 21.3 Å². The number of amides is 1. The SMILES string of the molecule is C=C1Cc2ccc(OC(=O)CNC3N=C(c4ccccc4)c4ccccc4N(C)C3=O)cc2CC2CCC1C2NS(=O)(=O)c1ccc(Cl)s1.